The van der Waals surface area contributed by atoms with E-state index in [4.69, 9.17) is 14.7 Å². The van der Waals surface area contributed by atoms with Gasteiger partial charge < -0.3 is 9.84 Å². The van der Waals surface area contributed by atoms with E-state index in [2.05, 4.69) is 0 Å². The highest BCUT2D eigenvalue weighted by Gasteiger charge is 2.24. The van der Waals surface area contributed by atoms with Crippen molar-refractivity contribution in [2.24, 2.45) is 0 Å². The number of rotatable bonds is 4. The molecule has 0 fully saturated rings. The van der Waals surface area contributed by atoms with Gasteiger partial charge in [-0.1, -0.05) is 29.8 Å². The fourth-order valence-electron chi connectivity index (χ4n) is 1.50. The summed E-state index contributed by atoms with van der Waals surface area (Å²) in [4.78, 5) is 27.6. The predicted octanol–water partition coefficient (Wildman–Crippen LogP) is 2.58. The summed E-state index contributed by atoms with van der Waals surface area (Å²) in [6.45, 7) is 6.93. The second-order valence-corrected chi connectivity index (χ2v) is 5.35. The van der Waals surface area contributed by atoms with E-state index in [1.165, 1.54) is 0 Å². The first-order chi connectivity index (χ1) is 9.19. The second-order valence-electron chi connectivity index (χ2n) is 5.35. The summed E-state index contributed by atoms with van der Waals surface area (Å²) in [6, 6.07) is 6.85. The Morgan fingerprint density at radius 1 is 1.30 bits per heavy atom. The van der Waals surface area contributed by atoms with Crippen molar-refractivity contribution in [1.82, 2.24) is 5.48 Å². The normalized spacial score (nSPS) is 12.6. The molecule has 0 bridgehead atoms. The molecule has 0 saturated carbocycles. The molecule has 0 aliphatic rings. The molecular weight excluding hydrogens is 262 g/mol. The minimum absolute atomic E-state index is 0.438. The van der Waals surface area contributed by atoms with Crippen LogP contribution < -0.4 is 5.48 Å². The molecule has 0 aliphatic carbocycles. The van der Waals surface area contributed by atoms with Crippen molar-refractivity contribution in [3.05, 3.63) is 35.4 Å². The highest BCUT2D eigenvalue weighted by atomic mass is 16.7. The van der Waals surface area contributed by atoms with Gasteiger partial charge in [0.15, 0.2) is 0 Å². The number of aliphatic carboxylic acids is 1. The number of hydrogen-bond donors (Lipinski definition) is 2. The van der Waals surface area contributed by atoms with Crippen molar-refractivity contribution in [3.8, 4) is 0 Å². The van der Waals surface area contributed by atoms with Crippen molar-refractivity contribution < 1.29 is 24.3 Å². The molecule has 1 unspecified atom stereocenters. The molecule has 0 radical (unpaired) electrons. The Kier molecular flexibility index (Phi) is 5.10. The van der Waals surface area contributed by atoms with Gasteiger partial charge in [0, 0.05) is 0 Å². The zero-order chi connectivity index (χ0) is 15.3. The second kappa shape index (κ2) is 6.38. The first-order valence-electron chi connectivity index (χ1n) is 6.13. The first-order valence-corrected chi connectivity index (χ1v) is 6.13. The van der Waals surface area contributed by atoms with Crippen LogP contribution >= 0.6 is 0 Å². The van der Waals surface area contributed by atoms with Crippen LogP contribution in [0.15, 0.2) is 24.3 Å². The maximum absolute atomic E-state index is 11.4. The summed E-state index contributed by atoms with van der Waals surface area (Å²) in [5.41, 5.74) is 2.65. The van der Waals surface area contributed by atoms with Gasteiger partial charge in [-0.15, -0.1) is 0 Å². The molecule has 0 heterocycles. The monoisotopic (exact) mass is 281 g/mol. The van der Waals surface area contributed by atoms with Gasteiger partial charge in [-0.2, -0.15) is 5.48 Å². The minimum atomic E-state index is -1.29. The average molecular weight is 281 g/mol. The number of hydrogen-bond acceptors (Lipinski definition) is 4. The van der Waals surface area contributed by atoms with Crippen molar-refractivity contribution in [3.63, 3.8) is 0 Å². The number of carbonyl (C=O) groups is 2. The van der Waals surface area contributed by atoms with E-state index in [0.717, 1.165) is 5.56 Å². The molecule has 20 heavy (non-hydrogen) atoms. The van der Waals surface area contributed by atoms with Gasteiger partial charge in [0.1, 0.15) is 5.60 Å². The molecule has 1 aromatic rings. The van der Waals surface area contributed by atoms with E-state index in [1.54, 1.807) is 39.0 Å². The van der Waals surface area contributed by atoms with Crippen LogP contribution in [0.3, 0.4) is 0 Å². The van der Waals surface area contributed by atoms with E-state index in [0.29, 0.717) is 5.56 Å². The summed E-state index contributed by atoms with van der Waals surface area (Å²) in [5, 5.41) is 9.15. The molecule has 0 spiro atoms. The first kappa shape index (κ1) is 16.0. The number of carbonyl (C=O) groups excluding carboxylic acids is 1. The topological polar surface area (TPSA) is 84.9 Å². The third-order valence-corrected chi connectivity index (χ3v) is 2.23. The van der Waals surface area contributed by atoms with Gasteiger partial charge in [-0.05, 0) is 33.3 Å². The van der Waals surface area contributed by atoms with Crippen LogP contribution in [0, 0.1) is 6.92 Å². The third-order valence-electron chi connectivity index (χ3n) is 2.23. The van der Waals surface area contributed by atoms with Crippen LogP contribution in [0.5, 0.6) is 0 Å². The van der Waals surface area contributed by atoms with Crippen LogP contribution in [-0.2, 0) is 14.4 Å². The van der Waals surface area contributed by atoms with Crippen LogP contribution in [0.4, 0.5) is 4.79 Å². The van der Waals surface area contributed by atoms with Crippen molar-refractivity contribution in [2.75, 3.05) is 0 Å². The third kappa shape index (κ3) is 5.27. The van der Waals surface area contributed by atoms with Gasteiger partial charge in [0.25, 0.3) is 0 Å². The lowest BCUT2D eigenvalue weighted by Gasteiger charge is -2.20. The highest BCUT2D eigenvalue weighted by Crippen LogP contribution is 2.18. The van der Waals surface area contributed by atoms with Crippen molar-refractivity contribution in [2.45, 2.75) is 39.4 Å². The summed E-state index contributed by atoms with van der Waals surface area (Å²) in [5.74, 6) is -1.20. The number of benzene rings is 1. The summed E-state index contributed by atoms with van der Waals surface area (Å²) < 4.78 is 4.96. The minimum Gasteiger partial charge on any atom is -0.479 e. The van der Waals surface area contributed by atoms with Gasteiger partial charge in [0.2, 0.25) is 6.10 Å². The Hall–Kier alpha value is -2.08. The number of carboxylic acid groups (broad SMARTS) is 1. The summed E-state index contributed by atoms with van der Waals surface area (Å²) in [7, 11) is 0. The van der Waals surface area contributed by atoms with E-state index in [1.807, 2.05) is 18.5 Å². The quantitative estimate of drug-likeness (QED) is 0.828. The fraction of sp³-hybridized carbons (Fsp3) is 0.429. The molecule has 1 aromatic carbocycles. The number of amides is 1. The van der Waals surface area contributed by atoms with Gasteiger partial charge >= 0.3 is 12.1 Å². The number of carboxylic acids is 1. The molecule has 6 heteroatoms. The Labute approximate surface area is 117 Å². The highest BCUT2D eigenvalue weighted by molar-refractivity contribution is 5.75. The van der Waals surface area contributed by atoms with Crippen molar-refractivity contribution in [1.29, 1.82) is 0 Å². The van der Waals surface area contributed by atoms with E-state index < -0.39 is 23.8 Å². The largest absolute Gasteiger partial charge is 0.479 e. The molecule has 2 N–H and O–H groups in total. The Morgan fingerprint density at radius 3 is 2.45 bits per heavy atom. The Bertz CT molecular complexity index is 493. The van der Waals surface area contributed by atoms with E-state index in [-0.39, 0.29) is 0 Å². The number of hydroxylamine groups is 1. The Morgan fingerprint density at radius 2 is 1.95 bits per heavy atom. The van der Waals surface area contributed by atoms with Crippen LogP contribution in [0.25, 0.3) is 0 Å². The van der Waals surface area contributed by atoms with Crippen LogP contribution in [0.2, 0.25) is 0 Å². The summed E-state index contributed by atoms with van der Waals surface area (Å²) >= 11 is 0. The van der Waals surface area contributed by atoms with Crippen molar-refractivity contribution >= 4 is 12.1 Å². The van der Waals surface area contributed by atoms with E-state index in [9.17, 15) is 9.59 Å². The van der Waals surface area contributed by atoms with Gasteiger partial charge in [-0.25, -0.2) is 9.59 Å². The lowest BCUT2D eigenvalue weighted by molar-refractivity contribution is -0.155. The molecule has 6 nitrogen and oxygen atoms in total. The predicted molar refractivity (Wildman–Crippen MR) is 72.0 cm³/mol. The number of aryl methyl sites for hydroxylation is 1. The Balaban J connectivity index is 2.70. The maximum atomic E-state index is 11.4. The molecule has 0 aliphatic heterocycles. The van der Waals surface area contributed by atoms with Gasteiger partial charge in [-0.3, -0.25) is 4.84 Å². The molecule has 1 atom stereocenters. The van der Waals surface area contributed by atoms with Crippen LogP contribution in [-0.4, -0.2) is 22.8 Å². The molecule has 110 valence electrons. The zero-order valence-corrected chi connectivity index (χ0v) is 12.0. The molecule has 0 aromatic heterocycles. The lowest BCUT2D eigenvalue weighted by Crippen LogP contribution is -2.34. The fourth-order valence-corrected chi connectivity index (χ4v) is 1.50. The number of ether oxygens (including phenoxy) is 1. The molecule has 1 rings (SSSR count). The zero-order valence-electron chi connectivity index (χ0n) is 12.0. The van der Waals surface area contributed by atoms with Crippen LogP contribution in [0.1, 0.15) is 38.0 Å². The SMILES string of the molecule is Cc1cccc(C(ONC(=O)OC(C)(C)C)C(=O)O)c1. The van der Waals surface area contributed by atoms with Gasteiger partial charge in [0.05, 0.1) is 0 Å². The standard InChI is InChI=1S/C14H19NO5/c1-9-6-5-7-10(8-9)11(12(16)17)20-15-13(18)19-14(2,3)4/h5-8,11H,1-4H3,(H,15,18)(H,16,17). The lowest BCUT2D eigenvalue weighted by atomic mass is 10.1. The summed E-state index contributed by atoms with van der Waals surface area (Å²) in [6.07, 6.45) is -2.13. The molecule has 0 saturated heterocycles. The number of nitrogens with one attached hydrogen (secondary N) is 1. The molecular formula is C14H19NO5. The molecule has 1 amide bonds. The van der Waals surface area contributed by atoms with E-state index >= 15 is 0 Å². The average Bonchev–Trinajstić information content (AvgIpc) is 2.26. The maximum Gasteiger partial charge on any atom is 0.431 e. The smallest absolute Gasteiger partial charge is 0.431 e.